The summed E-state index contributed by atoms with van der Waals surface area (Å²) >= 11 is 0. The number of nitrogen functional groups attached to an aromatic ring is 1. The van der Waals surface area contributed by atoms with Crippen LogP contribution in [0.15, 0.2) is 72.9 Å². The number of fused-ring (bicyclic) bond motifs is 3. The highest BCUT2D eigenvalue weighted by molar-refractivity contribution is 5.92. The van der Waals surface area contributed by atoms with Crippen molar-refractivity contribution >= 4 is 16.6 Å². The molecule has 0 atom stereocenters. The zero-order chi connectivity index (χ0) is 19.6. The Kier molecular flexibility index (Phi) is 4.41. The molecule has 1 aromatic heterocycles. The Balaban J connectivity index is 1.53. The molecule has 0 aliphatic carbocycles. The lowest BCUT2D eigenvalue weighted by molar-refractivity contribution is 0.277. The Hall–Kier alpha value is -3.73. The maximum atomic E-state index is 6.15. The van der Waals surface area contributed by atoms with E-state index in [9.17, 15) is 0 Å². The summed E-state index contributed by atoms with van der Waals surface area (Å²) in [7, 11) is 0. The molecule has 0 saturated carbocycles. The number of nitrogens with zero attached hydrogens (tertiary/aromatic N) is 1. The Bertz CT molecular complexity index is 1160. The fourth-order valence-corrected chi connectivity index (χ4v) is 3.57. The molecular formula is C24H20N2O3. The smallest absolute Gasteiger partial charge is 0.165 e. The van der Waals surface area contributed by atoms with Crippen molar-refractivity contribution in [2.24, 2.45) is 0 Å². The van der Waals surface area contributed by atoms with E-state index < -0.39 is 0 Å². The quantitative estimate of drug-likeness (QED) is 0.484. The number of benzene rings is 3. The standard InChI is InChI=1S/C24H20N2O3/c25-17-6-8-18(9-7-17)29-21-10-12-26-20-14-22(24-19(23(20)21)11-13-27-24)28-15-16-4-2-1-3-5-16/h1-10,12,14H,11,13,15,25H2. The van der Waals surface area contributed by atoms with E-state index in [-0.39, 0.29) is 0 Å². The molecule has 1 aliphatic heterocycles. The molecule has 1 aliphatic rings. The van der Waals surface area contributed by atoms with Crippen LogP contribution in [0, 0.1) is 0 Å². The van der Waals surface area contributed by atoms with Crippen molar-refractivity contribution in [2.75, 3.05) is 12.3 Å². The first kappa shape index (κ1) is 17.4. The SMILES string of the molecule is Nc1ccc(Oc2ccnc3cc(OCc4ccccc4)c4c(c23)CCO4)cc1. The Morgan fingerprint density at radius 2 is 1.79 bits per heavy atom. The van der Waals surface area contributed by atoms with Crippen molar-refractivity contribution < 1.29 is 14.2 Å². The molecule has 144 valence electrons. The number of nitrogens with two attached hydrogens (primary N) is 1. The normalized spacial score (nSPS) is 12.4. The van der Waals surface area contributed by atoms with Gasteiger partial charge in [0.15, 0.2) is 11.5 Å². The van der Waals surface area contributed by atoms with E-state index in [2.05, 4.69) is 4.98 Å². The molecule has 29 heavy (non-hydrogen) atoms. The third-order valence-electron chi connectivity index (χ3n) is 4.95. The molecule has 2 N–H and O–H groups in total. The second kappa shape index (κ2) is 7.36. The molecule has 0 radical (unpaired) electrons. The second-order valence-electron chi connectivity index (χ2n) is 6.93. The largest absolute Gasteiger partial charge is 0.489 e. The van der Waals surface area contributed by atoms with Crippen molar-refractivity contribution in [3.05, 3.63) is 84.1 Å². The topological polar surface area (TPSA) is 66.6 Å². The van der Waals surface area contributed by atoms with Gasteiger partial charge in [0.25, 0.3) is 0 Å². The van der Waals surface area contributed by atoms with Gasteiger partial charge in [-0.25, -0.2) is 0 Å². The highest BCUT2D eigenvalue weighted by atomic mass is 16.5. The Morgan fingerprint density at radius 1 is 0.966 bits per heavy atom. The monoisotopic (exact) mass is 384 g/mol. The molecule has 0 amide bonds. The van der Waals surface area contributed by atoms with Gasteiger partial charge >= 0.3 is 0 Å². The van der Waals surface area contributed by atoms with E-state index >= 15 is 0 Å². The molecule has 3 aromatic carbocycles. The third-order valence-corrected chi connectivity index (χ3v) is 4.95. The van der Waals surface area contributed by atoms with Crippen LogP contribution in [0.25, 0.3) is 10.9 Å². The highest BCUT2D eigenvalue weighted by Crippen LogP contribution is 2.44. The van der Waals surface area contributed by atoms with Crippen LogP contribution in [0.5, 0.6) is 23.0 Å². The van der Waals surface area contributed by atoms with Crippen molar-refractivity contribution in [1.82, 2.24) is 4.98 Å². The van der Waals surface area contributed by atoms with Gasteiger partial charge < -0.3 is 19.9 Å². The summed E-state index contributed by atoms with van der Waals surface area (Å²) in [6.07, 6.45) is 2.54. The average molecular weight is 384 g/mol. The third kappa shape index (κ3) is 3.43. The fraction of sp³-hybridized carbons (Fsp3) is 0.125. The molecule has 0 fully saturated rings. The molecule has 0 spiro atoms. The molecule has 4 aromatic rings. The lowest BCUT2D eigenvalue weighted by Crippen LogP contribution is -1.98. The van der Waals surface area contributed by atoms with Crippen LogP contribution in [0.2, 0.25) is 0 Å². The summed E-state index contributed by atoms with van der Waals surface area (Å²) in [6.45, 7) is 1.09. The number of pyridine rings is 1. The van der Waals surface area contributed by atoms with E-state index in [1.807, 2.05) is 66.7 Å². The minimum atomic E-state index is 0.476. The number of ether oxygens (including phenoxy) is 3. The van der Waals surface area contributed by atoms with Gasteiger partial charge in [-0.3, -0.25) is 4.98 Å². The molecular weight excluding hydrogens is 364 g/mol. The van der Waals surface area contributed by atoms with Crippen molar-refractivity contribution in [1.29, 1.82) is 0 Å². The average Bonchev–Trinajstić information content (AvgIpc) is 3.24. The van der Waals surface area contributed by atoms with Gasteiger partial charge in [-0.05, 0) is 35.9 Å². The minimum Gasteiger partial charge on any atom is -0.489 e. The zero-order valence-corrected chi connectivity index (χ0v) is 15.8. The van der Waals surface area contributed by atoms with E-state index in [0.717, 1.165) is 45.7 Å². The number of hydrogen-bond acceptors (Lipinski definition) is 5. The van der Waals surface area contributed by atoms with Gasteiger partial charge in [0.1, 0.15) is 18.1 Å². The van der Waals surface area contributed by atoms with Gasteiger partial charge in [-0.1, -0.05) is 30.3 Å². The van der Waals surface area contributed by atoms with Crippen molar-refractivity contribution in [3.63, 3.8) is 0 Å². The Labute approximate surface area is 168 Å². The molecule has 2 heterocycles. The predicted octanol–water partition coefficient (Wildman–Crippen LogP) is 5.12. The number of hydrogen-bond donors (Lipinski definition) is 1. The van der Waals surface area contributed by atoms with Gasteiger partial charge in [0, 0.05) is 29.9 Å². The summed E-state index contributed by atoms with van der Waals surface area (Å²) < 4.78 is 18.2. The van der Waals surface area contributed by atoms with Gasteiger partial charge in [0.2, 0.25) is 0 Å². The van der Waals surface area contributed by atoms with Crippen LogP contribution >= 0.6 is 0 Å². The molecule has 0 bridgehead atoms. The first-order valence-electron chi connectivity index (χ1n) is 9.55. The number of rotatable bonds is 5. The van der Waals surface area contributed by atoms with Gasteiger partial charge in [-0.2, -0.15) is 0 Å². The highest BCUT2D eigenvalue weighted by Gasteiger charge is 2.24. The maximum absolute atomic E-state index is 6.15. The lowest BCUT2D eigenvalue weighted by Gasteiger charge is -2.15. The molecule has 5 rings (SSSR count). The van der Waals surface area contributed by atoms with Crippen molar-refractivity contribution in [2.45, 2.75) is 13.0 Å². The van der Waals surface area contributed by atoms with Crippen LogP contribution in [0.1, 0.15) is 11.1 Å². The van der Waals surface area contributed by atoms with Gasteiger partial charge in [-0.15, -0.1) is 0 Å². The summed E-state index contributed by atoms with van der Waals surface area (Å²) in [5, 5.41) is 0.962. The molecule has 5 heteroatoms. The number of anilines is 1. The molecule has 5 nitrogen and oxygen atoms in total. The predicted molar refractivity (Wildman–Crippen MR) is 113 cm³/mol. The first-order valence-corrected chi connectivity index (χ1v) is 9.55. The summed E-state index contributed by atoms with van der Waals surface area (Å²) in [5.74, 6) is 2.97. The first-order chi connectivity index (χ1) is 14.3. The van der Waals surface area contributed by atoms with Crippen LogP contribution in [0.4, 0.5) is 5.69 Å². The maximum Gasteiger partial charge on any atom is 0.165 e. The molecule has 0 saturated heterocycles. The van der Waals surface area contributed by atoms with E-state index in [1.54, 1.807) is 6.20 Å². The summed E-state index contributed by atoms with van der Waals surface area (Å²) in [4.78, 5) is 4.56. The van der Waals surface area contributed by atoms with E-state index in [4.69, 9.17) is 19.9 Å². The van der Waals surface area contributed by atoms with Gasteiger partial charge in [0.05, 0.1) is 17.5 Å². The Morgan fingerprint density at radius 3 is 2.62 bits per heavy atom. The van der Waals surface area contributed by atoms with Crippen LogP contribution < -0.4 is 19.9 Å². The van der Waals surface area contributed by atoms with Crippen molar-refractivity contribution in [3.8, 4) is 23.0 Å². The summed E-state index contributed by atoms with van der Waals surface area (Å²) in [6, 6.07) is 21.2. The number of aromatic nitrogens is 1. The molecule has 0 unspecified atom stereocenters. The zero-order valence-electron chi connectivity index (χ0n) is 15.8. The van der Waals surface area contributed by atoms with E-state index in [0.29, 0.717) is 24.7 Å². The fourth-order valence-electron chi connectivity index (χ4n) is 3.57. The second-order valence-corrected chi connectivity index (χ2v) is 6.93. The van der Waals surface area contributed by atoms with Crippen LogP contribution in [-0.4, -0.2) is 11.6 Å². The minimum absolute atomic E-state index is 0.476. The van der Waals surface area contributed by atoms with E-state index in [1.165, 1.54) is 0 Å². The lowest BCUT2D eigenvalue weighted by atomic mass is 10.0. The summed E-state index contributed by atoms with van der Waals surface area (Å²) in [5.41, 5.74) is 9.48. The van der Waals surface area contributed by atoms with Crippen LogP contribution in [0.3, 0.4) is 0 Å². The van der Waals surface area contributed by atoms with Crippen LogP contribution in [-0.2, 0) is 13.0 Å².